The lowest BCUT2D eigenvalue weighted by molar-refractivity contribution is 0.0973. The molecule has 0 unspecified atom stereocenters. The molecule has 1 aliphatic heterocycles. The highest BCUT2D eigenvalue weighted by Gasteiger charge is 2.28. The summed E-state index contributed by atoms with van der Waals surface area (Å²) in [6, 6.07) is 19.5. The Morgan fingerprint density at radius 2 is 1.59 bits per heavy atom. The van der Waals surface area contributed by atoms with Crippen LogP contribution in [0.25, 0.3) is 0 Å². The first-order chi connectivity index (χ1) is 13.0. The molecule has 27 heavy (non-hydrogen) atoms. The number of rotatable bonds is 5. The summed E-state index contributed by atoms with van der Waals surface area (Å²) in [5.41, 5.74) is 3.58. The summed E-state index contributed by atoms with van der Waals surface area (Å²) in [4.78, 5) is 4.96. The predicted octanol–water partition coefficient (Wildman–Crippen LogP) is 3.66. The van der Waals surface area contributed by atoms with Crippen LogP contribution >= 0.6 is 12.2 Å². The quantitative estimate of drug-likeness (QED) is 0.771. The summed E-state index contributed by atoms with van der Waals surface area (Å²) < 4.78 is 0. The average Bonchev–Trinajstić information content (AvgIpc) is 2.66. The molecule has 4 nitrogen and oxygen atoms in total. The standard InChI is InChI=1S/C22H30N4S/c1-17-9-7-8-12-20(17)24-22(27)23-18(2)21(19-10-5-4-6-11-19)26-15-13-25(3)14-16-26/h4-12,18,21H,13-16H2,1-3H3,(H2,23,24,27)/t18-,21+/m1/s1. The maximum Gasteiger partial charge on any atom is 0.171 e. The largest absolute Gasteiger partial charge is 0.358 e. The SMILES string of the molecule is Cc1ccccc1NC(=S)N[C@H](C)[C@@H](c1ccccc1)N1CCN(C)CC1. The highest BCUT2D eigenvalue weighted by Crippen LogP contribution is 2.26. The van der Waals surface area contributed by atoms with E-state index in [2.05, 4.69) is 83.8 Å². The molecule has 2 N–H and O–H groups in total. The summed E-state index contributed by atoms with van der Waals surface area (Å²) in [6.07, 6.45) is 0. The molecule has 3 rings (SSSR count). The van der Waals surface area contributed by atoms with E-state index in [0.717, 1.165) is 31.9 Å². The topological polar surface area (TPSA) is 30.5 Å². The normalized spacial score (nSPS) is 17.9. The molecule has 0 amide bonds. The minimum absolute atomic E-state index is 0.194. The Kier molecular flexibility index (Phi) is 6.83. The number of hydrogen-bond acceptors (Lipinski definition) is 3. The van der Waals surface area contributed by atoms with Crippen molar-refractivity contribution in [3.05, 3.63) is 65.7 Å². The molecule has 0 aromatic heterocycles. The highest BCUT2D eigenvalue weighted by molar-refractivity contribution is 7.80. The third kappa shape index (κ3) is 5.28. The molecule has 0 spiro atoms. The number of hydrogen-bond donors (Lipinski definition) is 2. The Balaban J connectivity index is 1.71. The van der Waals surface area contributed by atoms with E-state index in [1.54, 1.807) is 0 Å². The maximum atomic E-state index is 5.61. The molecule has 1 fully saturated rings. The minimum atomic E-state index is 0.194. The lowest BCUT2D eigenvalue weighted by Crippen LogP contribution is -2.52. The molecular formula is C22H30N4S. The van der Waals surface area contributed by atoms with Gasteiger partial charge in [0.15, 0.2) is 5.11 Å². The zero-order chi connectivity index (χ0) is 19.2. The molecule has 2 atom stereocenters. The molecule has 5 heteroatoms. The Morgan fingerprint density at radius 1 is 0.963 bits per heavy atom. The first-order valence-electron chi connectivity index (χ1n) is 9.65. The number of benzene rings is 2. The molecule has 0 radical (unpaired) electrons. The van der Waals surface area contributed by atoms with Gasteiger partial charge in [-0.15, -0.1) is 0 Å². The fourth-order valence-corrected chi connectivity index (χ4v) is 4.02. The van der Waals surface area contributed by atoms with Crippen molar-refractivity contribution in [1.82, 2.24) is 15.1 Å². The molecule has 2 aromatic carbocycles. The van der Waals surface area contributed by atoms with E-state index in [4.69, 9.17) is 12.2 Å². The van der Waals surface area contributed by atoms with Gasteiger partial charge in [-0.3, -0.25) is 4.90 Å². The third-order valence-electron chi connectivity index (χ3n) is 5.30. The van der Waals surface area contributed by atoms with Gasteiger partial charge in [-0.25, -0.2) is 0 Å². The molecule has 2 aromatic rings. The Hall–Kier alpha value is -1.95. The second-order valence-corrected chi connectivity index (χ2v) is 7.81. The number of piperazine rings is 1. The molecule has 0 bridgehead atoms. The van der Waals surface area contributed by atoms with Crippen molar-refractivity contribution in [2.75, 3.05) is 38.5 Å². The van der Waals surface area contributed by atoms with Gasteiger partial charge in [0.05, 0.1) is 6.04 Å². The smallest absolute Gasteiger partial charge is 0.171 e. The van der Waals surface area contributed by atoms with Gasteiger partial charge in [0.1, 0.15) is 0 Å². The van der Waals surface area contributed by atoms with Crippen LogP contribution in [0.1, 0.15) is 24.1 Å². The second kappa shape index (κ2) is 9.31. The number of aryl methyl sites for hydroxylation is 1. The lowest BCUT2D eigenvalue weighted by atomic mass is 9.98. The number of nitrogens with zero attached hydrogens (tertiary/aromatic N) is 2. The van der Waals surface area contributed by atoms with Crippen LogP contribution in [0, 0.1) is 6.92 Å². The zero-order valence-corrected chi connectivity index (χ0v) is 17.3. The van der Waals surface area contributed by atoms with Crippen LogP contribution in [0.2, 0.25) is 0 Å². The van der Waals surface area contributed by atoms with E-state index in [9.17, 15) is 0 Å². The first kappa shape index (κ1) is 19.8. The van der Waals surface area contributed by atoms with Gasteiger partial charge in [-0.2, -0.15) is 0 Å². The van der Waals surface area contributed by atoms with Crippen LogP contribution < -0.4 is 10.6 Å². The molecule has 144 valence electrons. The van der Waals surface area contributed by atoms with Gasteiger partial charge in [0.2, 0.25) is 0 Å². The van der Waals surface area contributed by atoms with Crippen molar-refractivity contribution in [3.63, 3.8) is 0 Å². The zero-order valence-electron chi connectivity index (χ0n) is 16.5. The monoisotopic (exact) mass is 382 g/mol. The van der Waals surface area contributed by atoms with Gasteiger partial charge in [-0.05, 0) is 50.3 Å². The van der Waals surface area contributed by atoms with E-state index in [1.165, 1.54) is 11.1 Å². The van der Waals surface area contributed by atoms with Crippen LogP contribution in [0.5, 0.6) is 0 Å². The molecule has 1 aliphatic rings. The van der Waals surface area contributed by atoms with Crippen molar-refractivity contribution in [2.45, 2.75) is 25.9 Å². The van der Waals surface area contributed by atoms with Crippen molar-refractivity contribution in [2.24, 2.45) is 0 Å². The summed E-state index contributed by atoms with van der Waals surface area (Å²) in [6.45, 7) is 8.65. The summed E-state index contributed by atoms with van der Waals surface area (Å²) in [5, 5.41) is 7.55. The number of anilines is 1. The van der Waals surface area contributed by atoms with E-state index < -0.39 is 0 Å². The fourth-order valence-electron chi connectivity index (χ4n) is 3.72. The van der Waals surface area contributed by atoms with Crippen LogP contribution in [-0.4, -0.2) is 54.2 Å². The van der Waals surface area contributed by atoms with Gasteiger partial charge >= 0.3 is 0 Å². The van der Waals surface area contributed by atoms with E-state index in [-0.39, 0.29) is 12.1 Å². The average molecular weight is 383 g/mol. The maximum absolute atomic E-state index is 5.61. The molecule has 0 saturated carbocycles. The molecule has 1 saturated heterocycles. The fraction of sp³-hybridized carbons (Fsp3) is 0.409. The summed E-state index contributed by atoms with van der Waals surface area (Å²) >= 11 is 5.61. The van der Waals surface area contributed by atoms with Crippen LogP contribution in [0.4, 0.5) is 5.69 Å². The summed E-state index contributed by atoms with van der Waals surface area (Å²) in [5.74, 6) is 0. The van der Waals surface area contributed by atoms with E-state index >= 15 is 0 Å². The van der Waals surface area contributed by atoms with Gasteiger partial charge in [0.25, 0.3) is 0 Å². The van der Waals surface area contributed by atoms with Crippen molar-refractivity contribution in [3.8, 4) is 0 Å². The van der Waals surface area contributed by atoms with Crippen LogP contribution in [0.3, 0.4) is 0 Å². The summed E-state index contributed by atoms with van der Waals surface area (Å²) in [7, 11) is 2.19. The second-order valence-electron chi connectivity index (χ2n) is 7.40. The van der Waals surface area contributed by atoms with E-state index in [0.29, 0.717) is 5.11 Å². The van der Waals surface area contributed by atoms with Gasteiger partial charge in [0, 0.05) is 37.9 Å². The number of para-hydroxylation sites is 1. The first-order valence-corrected chi connectivity index (χ1v) is 10.1. The third-order valence-corrected chi connectivity index (χ3v) is 5.52. The molecule has 0 aliphatic carbocycles. The van der Waals surface area contributed by atoms with Crippen LogP contribution in [-0.2, 0) is 0 Å². The van der Waals surface area contributed by atoms with Crippen molar-refractivity contribution < 1.29 is 0 Å². The van der Waals surface area contributed by atoms with Crippen molar-refractivity contribution >= 4 is 23.0 Å². The van der Waals surface area contributed by atoms with Gasteiger partial charge < -0.3 is 15.5 Å². The van der Waals surface area contributed by atoms with Crippen molar-refractivity contribution in [1.29, 1.82) is 0 Å². The predicted molar refractivity (Wildman–Crippen MR) is 118 cm³/mol. The van der Waals surface area contributed by atoms with Crippen LogP contribution in [0.15, 0.2) is 54.6 Å². The minimum Gasteiger partial charge on any atom is -0.358 e. The highest BCUT2D eigenvalue weighted by atomic mass is 32.1. The number of likely N-dealkylation sites (N-methyl/N-ethyl adjacent to an activating group) is 1. The molecular weight excluding hydrogens is 352 g/mol. The number of thiocarbonyl (C=S) groups is 1. The Morgan fingerprint density at radius 3 is 2.26 bits per heavy atom. The Labute approximate surface area is 168 Å². The van der Waals surface area contributed by atoms with E-state index in [1.807, 2.05) is 12.1 Å². The lowest BCUT2D eigenvalue weighted by Gasteiger charge is -2.41. The Bertz CT molecular complexity index is 741. The molecule has 1 heterocycles. The number of nitrogens with one attached hydrogen (secondary N) is 2. The van der Waals surface area contributed by atoms with Gasteiger partial charge in [-0.1, -0.05) is 48.5 Å².